The lowest BCUT2D eigenvalue weighted by Gasteiger charge is -2.29. The molecule has 1 atom stereocenters. The molecule has 1 saturated heterocycles. The second-order valence-corrected chi connectivity index (χ2v) is 5.43. The summed E-state index contributed by atoms with van der Waals surface area (Å²) in [6.07, 6.45) is 6.25. The minimum absolute atomic E-state index is 0.316. The Morgan fingerprint density at radius 3 is 2.89 bits per heavy atom. The van der Waals surface area contributed by atoms with Crippen LogP contribution < -0.4 is 0 Å². The molecule has 18 heavy (non-hydrogen) atoms. The minimum atomic E-state index is 0.316. The monoisotopic (exact) mass is 245 g/mol. The Morgan fingerprint density at radius 1 is 1.39 bits per heavy atom. The lowest BCUT2D eigenvalue weighted by atomic mass is 9.84. The first kappa shape index (κ1) is 11.6. The average molecular weight is 245 g/mol. The van der Waals surface area contributed by atoms with Gasteiger partial charge in [-0.25, -0.2) is 9.97 Å². The van der Waals surface area contributed by atoms with Crippen molar-refractivity contribution in [2.24, 2.45) is 5.92 Å². The third-order valence-electron chi connectivity index (χ3n) is 4.17. The van der Waals surface area contributed by atoms with Crippen molar-refractivity contribution >= 4 is 5.91 Å². The second-order valence-electron chi connectivity index (χ2n) is 5.43. The molecule has 96 valence electrons. The van der Waals surface area contributed by atoms with Gasteiger partial charge in [0.25, 0.3) is 0 Å². The smallest absolute Gasteiger partial charge is 0.225 e. The first-order valence-corrected chi connectivity index (χ1v) is 6.82. The Morgan fingerprint density at radius 2 is 2.22 bits per heavy atom. The Balaban J connectivity index is 1.66. The molecule has 2 heterocycles. The van der Waals surface area contributed by atoms with Crippen molar-refractivity contribution in [2.45, 2.75) is 38.5 Å². The maximum Gasteiger partial charge on any atom is 0.225 e. The van der Waals surface area contributed by atoms with Crippen molar-refractivity contribution in [2.75, 3.05) is 13.1 Å². The summed E-state index contributed by atoms with van der Waals surface area (Å²) in [6, 6.07) is 1.98. The number of nitrogens with zero attached hydrogens (tertiary/aromatic N) is 3. The van der Waals surface area contributed by atoms with Crippen molar-refractivity contribution in [3.63, 3.8) is 0 Å². The van der Waals surface area contributed by atoms with Gasteiger partial charge < -0.3 is 4.90 Å². The van der Waals surface area contributed by atoms with Crippen LogP contribution in [-0.2, 0) is 4.79 Å². The highest BCUT2D eigenvalue weighted by molar-refractivity contribution is 5.80. The highest BCUT2D eigenvalue weighted by Gasteiger charge is 2.34. The molecule has 4 nitrogen and oxygen atoms in total. The van der Waals surface area contributed by atoms with E-state index in [-0.39, 0.29) is 0 Å². The van der Waals surface area contributed by atoms with Crippen molar-refractivity contribution in [1.29, 1.82) is 0 Å². The van der Waals surface area contributed by atoms with Gasteiger partial charge in [0.1, 0.15) is 5.82 Å². The highest BCUT2D eigenvalue weighted by Crippen LogP contribution is 2.32. The molecule has 1 saturated carbocycles. The summed E-state index contributed by atoms with van der Waals surface area (Å²) in [5.41, 5.74) is 1.09. The number of likely N-dealkylation sites (tertiary alicyclic amines) is 1. The molecule has 4 heteroatoms. The van der Waals surface area contributed by atoms with Gasteiger partial charge in [-0.15, -0.1) is 0 Å². The molecular formula is C14H19N3O. The van der Waals surface area contributed by atoms with Crippen molar-refractivity contribution in [1.82, 2.24) is 14.9 Å². The van der Waals surface area contributed by atoms with E-state index in [1.165, 1.54) is 6.42 Å². The van der Waals surface area contributed by atoms with Crippen LogP contribution in [-0.4, -0.2) is 33.9 Å². The maximum atomic E-state index is 12.2. The number of rotatable bonds is 2. The molecule has 1 aliphatic carbocycles. The van der Waals surface area contributed by atoms with E-state index in [4.69, 9.17) is 0 Å². The Bertz CT molecular complexity index is 456. The predicted octanol–water partition coefficient (Wildman–Crippen LogP) is 1.90. The molecule has 1 aliphatic heterocycles. The SMILES string of the molecule is Cc1nccc([C@H]2CCN(C(=O)C3CCC3)C2)n1. The van der Waals surface area contributed by atoms with Gasteiger partial charge in [0.05, 0.1) is 0 Å². The molecule has 2 fully saturated rings. The fourth-order valence-corrected chi connectivity index (χ4v) is 2.82. The van der Waals surface area contributed by atoms with Crippen LogP contribution in [0, 0.1) is 12.8 Å². The quantitative estimate of drug-likeness (QED) is 0.799. The van der Waals surface area contributed by atoms with E-state index < -0.39 is 0 Å². The van der Waals surface area contributed by atoms with Crippen LogP contribution in [0.2, 0.25) is 0 Å². The lowest BCUT2D eigenvalue weighted by Crippen LogP contribution is -2.37. The summed E-state index contributed by atoms with van der Waals surface area (Å²) in [4.78, 5) is 22.8. The van der Waals surface area contributed by atoms with Crippen molar-refractivity contribution in [3.05, 3.63) is 23.8 Å². The molecule has 0 radical (unpaired) electrons. The van der Waals surface area contributed by atoms with Gasteiger partial charge in [-0.05, 0) is 32.3 Å². The summed E-state index contributed by atoms with van der Waals surface area (Å²) < 4.78 is 0. The standard InChI is InChI=1S/C14H19N3O/c1-10-15-7-5-13(16-10)12-6-8-17(9-12)14(18)11-3-2-4-11/h5,7,11-12H,2-4,6,8-9H2,1H3/t12-/m0/s1. The van der Waals surface area contributed by atoms with Crippen LogP contribution in [0.25, 0.3) is 0 Å². The number of carbonyl (C=O) groups excluding carboxylic acids is 1. The molecule has 1 amide bonds. The molecular weight excluding hydrogens is 226 g/mol. The average Bonchev–Trinajstić information content (AvgIpc) is 2.75. The summed E-state index contributed by atoms with van der Waals surface area (Å²) in [6.45, 7) is 3.64. The van der Waals surface area contributed by atoms with Gasteiger partial charge in [-0.3, -0.25) is 4.79 Å². The van der Waals surface area contributed by atoms with Gasteiger partial charge in [0.15, 0.2) is 0 Å². The minimum Gasteiger partial charge on any atom is -0.342 e. The summed E-state index contributed by atoms with van der Waals surface area (Å²) in [7, 11) is 0. The topological polar surface area (TPSA) is 46.1 Å². The van der Waals surface area contributed by atoms with Crippen molar-refractivity contribution < 1.29 is 4.79 Å². The Hall–Kier alpha value is -1.45. The van der Waals surface area contributed by atoms with Gasteiger partial charge in [-0.2, -0.15) is 0 Å². The number of aryl methyl sites for hydroxylation is 1. The lowest BCUT2D eigenvalue weighted by molar-refractivity contribution is -0.137. The van der Waals surface area contributed by atoms with Crippen LogP contribution >= 0.6 is 0 Å². The van der Waals surface area contributed by atoms with Crippen LogP contribution in [0.3, 0.4) is 0 Å². The molecule has 1 aromatic rings. The van der Waals surface area contributed by atoms with Gasteiger partial charge >= 0.3 is 0 Å². The number of hydrogen-bond donors (Lipinski definition) is 0. The summed E-state index contributed by atoms with van der Waals surface area (Å²) >= 11 is 0. The number of hydrogen-bond acceptors (Lipinski definition) is 3. The van der Waals surface area contributed by atoms with E-state index in [9.17, 15) is 4.79 Å². The first-order valence-electron chi connectivity index (χ1n) is 6.82. The second kappa shape index (κ2) is 4.67. The van der Waals surface area contributed by atoms with E-state index in [0.29, 0.717) is 17.7 Å². The summed E-state index contributed by atoms with van der Waals surface area (Å²) in [5.74, 6) is 1.90. The fraction of sp³-hybridized carbons (Fsp3) is 0.643. The zero-order chi connectivity index (χ0) is 12.5. The van der Waals surface area contributed by atoms with Crippen molar-refractivity contribution in [3.8, 4) is 0 Å². The van der Waals surface area contributed by atoms with E-state index in [0.717, 1.165) is 43.9 Å². The highest BCUT2D eigenvalue weighted by atomic mass is 16.2. The Kier molecular flexibility index (Phi) is 3.02. The molecule has 3 rings (SSSR count). The van der Waals surface area contributed by atoms with Gasteiger partial charge in [0.2, 0.25) is 5.91 Å². The Labute approximate surface area is 107 Å². The van der Waals surface area contributed by atoms with E-state index in [1.54, 1.807) is 0 Å². The molecule has 0 spiro atoms. The molecule has 0 bridgehead atoms. The zero-order valence-electron chi connectivity index (χ0n) is 10.8. The number of amides is 1. The van der Waals surface area contributed by atoms with E-state index in [1.807, 2.05) is 24.1 Å². The predicted molar refractivity (Wildman–Crippen MR) is 68.0 cm³/mol. The number of carbonyl (C=O) groups is 1. The molecule has 0 aromatic carbocycles. The molecule has 0 N–H and O–H groups in total. The fourth-order valence-electron chi connectivity index (χ4n) is 2.82. The van der Waals surface area contributed by atoms with E-state index >= 15 is 0 Å². The summed E-state index contributed by atoms with van der Waals surface area (Å²) in [5, 5.41) is 0. The first-order chi connectivity index (χ1) is 8.74. The van der Waals surface area contributed by atoms with Gasteiger partial charge in [0, 0.05) is 36.8 Å². The third kappa shape index (κ3) is 2.11. The maximum absolute atomic E-state index is 12.2. The largest absolute Gasteiger partial charge is 0.342 e. The zero-order valence-corrected chi connectivity index (χ0v) is 10.8. The van der Waals surface area contributed by atoms with Crippen LogP contribution in [0.5, 0.6) is 0 Å². The number of aromatic nitrogens is 2. The van der Waals surface area contributed by atoms with Crippen LogP contribution in [0.15, 0.2) is 12.3 Å². The van der Waals surface area contributed by atoms with E-state index in [2.05, 4.69) is 9.97 Å². The molecule has 0 unspecified atom stereocenters. The normalized spacial score (nSPS) is 24.1. The molecule has 2 aliphatic rings. The van der Waals surface area contributed by atoms with Crippen LogP contribution in [0.4, 0.5) is 0 Å². The molecule has 1 aromatic heterocycles. The van der Waals surface area contributed by atoms with Crippen LogP contribution in [0.1, 0.15) is 43.1 Å². The third-order valence-corrected chi connectivity index (χ3v) is 4.17. The van der Waals surface area contributed by atoms with Gasteiger partial charge in [-0.1, -0.05) is 6.42 Å².